The molecule has 11 aromatic rings. The summed E-state index contributed by atoms with van der Waals surface area (Å²) in [4.78, 5) is 7.10. The molecule has 12 rings (SSSR count). The van der Waals surface area contributed by atoms with Crippen molar-refractivity contribution in [2.45, 2.75) is 78.7 Å². The number of rotatable bonds is 8. The summed E-state index contributed by atoms with van der Waals surface area (Å²) in [7, 11) is -1.57. The number of fused-ring (bicyclic) bond motifs is 6. The van der Waals surface area contributed by atoms with Crippen molar-refractivity contribution in [1.29, 1.82) is 0 Å². The van der Waals surface area contributed by atoms with Crippen molar-refractivity contribution in [3.8, 4) is 44.6 Å². The fraction of sp³-hybridized carbons (Fsp3) is 0.174. The molecule has 9 aromatic carbocycles. The molecular weight excluding hydrogens is 1130 g/mol. The van der Waals surface area contributed by atoms with Gasteiger partial charge in [-0.1, -0.05) is 187 Å². The Labute approximate surface area is 463 Å². The normalized spacial score (nSPS) is 13.7. The molecule has 0 N–H and O–H groups in total. The largest absolute Gasteiger partial charge is 3.00 e. The van der Waals surface area contributed by atoms with Gasteiger partial charge in [-0.05, 0) is 110 Å². The topological polar surface area (TPSA) is 43.4 Å². The Morgan fingerprint density at radius 1 is 0.684 bits per heavy atom. The average Bonchev–Trinajstić information content (AvgIpc) is 4.01. The summed E-state index contributed by atoms with van der Waals surface area (Å²) in [5, 5.41) is 10.6. The maximum Gasteiger partial charge on any atom is 3.00 e. The molecule has 2 aromatic heterocycles. The first-order valence-corrected chi connectivity index (χ1v) is 29.3. The molecule has 0 bridgehead atoms. The van der Waals surface area contributed by atoms with Gasteiger partial charge in [0.2, 0.25) is 0 Å². The molecule has 378 valence electrons. The van der Waals surface area contributed by atoms with E-state index in [0.717, 1.165) is 106 Å². The molecule has 1 aliphatic rings. The van der Waals surface area contributed by atoms with Crippen LogP contribution in [0.15, 0.2) is 199 Å². The zero-order valence-corrected chi connectivity index (χ0v) is 47.9. The van der Waals surface area contributed by atoms with Crippen LogP contribution < -0.4 is 10.1 Å². The van der Waals surface area contributed by atoms with Crippen molar-refractivity contribution in [2.75, 3.05) is 4.90 Å². The minimum atomic E-state index is -1.57. The number of benzene rings is 9. The summed E-state index contributed by atoms with van der Waals surface area (Å²) in [5.74, 6) is -0.917. The van der Waals surface area contributed by atoms with Gasteiger partial charge in [-0.2, -0.15) is 18.2 Å². The third-order valence-electron chi connectivity index (χ3n) is 14.4. The zero-order valence-electron chi connectivity index (χ0n) is 45.5. The first-order valence-electron chi connectivity index (χ1n) is 26.3. The molecule has 1 aliphatic heterocycles. The second-order valence-corrected chi connectivity index (χ2v) is 27.1. The molecule has 0 radical (unpaired) electrons. The van der Waals surface area contributed by atoms with E-state index in [1.54, 1.807) is 6.07 Å². The zero-order chi connectivity index (χ0) is 53.1. The van der Waals surface area contributed by atoms with Crippen LogP contribution >= 0.6 is 0 Å². The Morgan fingerprint density at radius 3 is 1.95 bits per heavy atom. The van der Waals surface area contributed by atoms with Crippen LogP contribution in [0, 0.1) is 24.9 Å². The molecule has 7 heteroatoms. The van der Waals surface area contributed by atoms with E-state index >= 15 is 0 Å². The molecule has 1 atom stereocenters. The first kappa shape index (κ1) is 50.7. The van der Waals surface area contributed by atoms with Crippen LogP contribution in [-0.2, 0) is 25.5 Å². The third kappa shape index (κ3) is 10.1. The number of anilines is 2. The number of aryl methyl sites for hydroxylation is 1. The maximum absolute atomic E-state index is 14.5. The molecule has 0 aliphatic carbocycles. The van der Waals surface area contributed by atoms with Crippen molar-refractivity contribution in [3.05, 3.63) is 240 Å². The van der Waals surface area contributed by atoms with Crippen molar-refractivity contribution in [3.63, 3.8) is 0 Å². The Kier molecular flexibility index (Phi) is 14.0. The number of hydrogen-bond donors (Lipinski definition) is 0. The summed E-state index contributed by atoms with van der Waals surface area (Å²) in [6, 6.07) is 70.9. The van der Waals surface area contributed by atoms with Crippen LogP contribution in [0.1, 0.15) is 70.3 Å². The minimum Gasteiger partial charge on any atom is -0.660 e. The molecule has 1 unspecified atom stereocenters. The fourth-order valence-electron chi connectivity index (χ4n) is 10.5. The summed E-state index contributed by atoms with van der Waals surface area (Å²) >= 11 is 0. The predicted molar refractivity (Wildman–Crippen MR) is 316 cm³/mol. The van der Waals surface area contributed by atoms with Crippen LogP contribution in [0.25, 0.3) is 82.7 Å². The number of nitrogens with zero attached hydrogens (tertiary/aromatic N) is 3. The molecule has 0 spiro atoms. The minimum absolute atomic E-state index is 0. The van der Waals surface area contributed by atoms with Crippen LogP contribution in [0.5, 0.6) is 0 Å². The van der Waals surface area contributed by atoms with Gasteiger partial charge in [0.25, 0.3) is 0 Å². The Balaban J connectivity index is 0.000000211. The van der Waals surface area contributed by atoms with Gasteiger partial charge in [0.05, 0.1) is 13.8 Å². The molecule has 0 saturated carbocycles. The predicted octanol–water partition coefficient (Wildman–Crippen LogP) is 19.4. The van der Waals surface area contributed by atoms with E-state index in [9.17, 15) is 4.39 Å². The summed E-state index contributed by atoms with van der Waals surface area (Å²) < 4.78 is 29.8. The van der Waals surface area contributed by atoms with E-state index in [0.29, 0.717) is 0 Å². The summed E-state index contributed by atoms with van der Waals surface area (Å²) in [5.41, 5.74) is 17.3. The molecule has 0 amide bonds. The van der Waals surface area contributed by atoms with E-state index in [2.05, 4.69) is 198 Å². The molecule has 0 fully saturated rings. The summed E-state index contributed by atoms with van der Waals surface area (Å²) in [6.45, 7) is 19.7. The summed E-state index contributed by atoms with van der Waals surface area (Å²) in [6.07, 6.45) is 1.48. The van der Waals surface area contributed by atoms with Gasteiger partial charge in [0.15, 0.2) is 0 Å². The van der Waals surface area contributed by atoms with E-state index in [-0.39, 0.29) is 31.3 Å². The monoisotopic (exact) mass is 1190 g/mol. The maximum atomic E-state index is 14.5. The SMILES string of the molecule is Cc1ccc2c(c1)oc1c(C3[N-]c4c(ccc5cc(F)ccc45)N3c3c(-c4ccccc4)cc(C(C)(C)C)cc3-c3ccccc3)[c-]ccc12.[2H]C(C)(C)c1cc(-c2[c-]ccc(-c3ccccc3)c2)ncc1[Si](C)(C)C.[Ir+3]. The van der Waals surface area contributed by atoms with Gasteiger partial charge in [-0.3, -0.25) is 0 Å². The molecule has 3 heterocycles. The second kappa shape index (κ2) is 21.0. The van der Waals surface area contributed by atoms with E-state index < -0.39 is 20.1 Å². The van der Waals surface area contributed by atoms with Crippen molar-refractivity contribution >= 4 is 63.0 Å². The van der Waals surface area contributed by atoms with Crippen molar-refractivity contribution in [2.24, 2.45) is 0 Å². The number of pyridine rings is 1. The average molecular weight is 1190 g/mol. The third-order valence-corrected chi connectivity index (χ3v) is 16.4. The van der Waals surface area contributed by atoms with Crippen LogP contribution in [-0.4, -0.2) is 13.1 Å². The Morgan fingerprint density at radius 2 is 1.32 bits per heavy atom. The Hall–Kier alpha value is -7.41. The van der Waals surface area contributed by atoms with Crippen LogP contribution in [0.4, 0.5) is 21.5 Å². The number of hydrogen-bond acceptors (Lipinski definition) is 3. The Bertz CT molecular complexity index is 3890. The number of aromatic nitrogens is 1. The smallest absolute Gasteiger partial charge is 0.660 e. The van der Waals surface area contributed by atoms with Crippen LogP contribution in [0.2, 0.25) is 19.6 Å². The van der Waals surface area contributed by atoms with E-state index in [4.69, 9.17) is 16.1 Å². The van der Waals surface area contributed by atoms with E-state index in [1.165, 1.54) is 22.4 Å². The molecular formula is C69H61FIrN3OSi. The fourth-order valence-corrected chi connectivity index (χ4v) is 12.0. The number of halogens is 1. The second-order valence-electron chi connectivity index (χ2n) is 22.0. The van der Waals surface area contributed by atoms with Gasteiger partial charge >= 0.3 is 20.1 Å². The van der Waals surface area contributed by atoms with Gasteiger partial charge in [0, 0.05) is 35.4 Å². The van der Waals surface area contributed by atoms with Gasteiger partial charge in [0.1, 0.15) is 11.4 Å². The van der Waals surface area contributed by atoms with Crippen molar-refractivity contribution < 1.29 is 30.3 Å². The molecule has 4 nitrogen and oxygen atoms in total. The van der Waals surface area contributed by atoms with Gasteiger partial charge in [-0.25, -0.2) is 4.39 Å². The van der Waals surface area contributed by atoms with Gasteiger partial charge in [-0.15, -0.1) is 46.6 Å². The van der Waals surface area contributed by atoms with Crippen LogP contribution in [0.3, 0.4) is 0 Å². The number of furan rings is 1. The van der Waals surface area contributed by atoms with Crippen molar-refractivity contribution in [1.82, 2.24) is 4.98 Å². The van der Waals surface area contributed by atoms with Gasteiger partial charge < -0.3 is 19.6 Å². The first-order chi connectivity index (χ1) is 36.4. The van der Waals surface area contributed by atoms with E-state index in [1.807, 2.05) is 62.5 Å². The molecule has 0 saturated heterocycles. The molecule has 76 heavy (non-hydrogen) atoms. The standard InChI is InChI=1S/C46H35FN2O.C23H26NSi.Ir/c1-28-18-21-35-36-16-11-17-37(44(36)50-41(35)24-28)45-48-42-34-22-20-33(47)25-31(34)19-23-40(42)49(45)43-38(29-12-7-5-8-13-29)26-32(46(2,3)4)27-39(43)30-14-9-6-10-15-30;1-17(2)21-15-22(24-16-23(21)25(3,4)5)20-13-9-12-19(14-20)18-10-7-6-8-11-18;/h5-16,18-27,45H,1-4H3;6-12,14-17H,1-5H3;/q-2;-1;+3/i;17D;. The quantitative estimate of drug-likeness (QED) is 0.112.